The van der Waals surface area contributed by atoms with Crippen molar-refractivity contribution in [3.63, 3.8) is 0 Å². The summed E-state index contributed by atoms with van der Waals surface area (Å²) in [5.74, 6) is -0.706. The maximum atomic E-state index is 10.4. The van der Waals surface area contributed by atoms with Crippen molar-refractivity contribution in [2.45, 2.75) is 0 Å². The van der Waals surface area contributed by atoms with Gasteiger partial charge in [0, 0.05) is 6.08 Å². The molecule has 0 heterocycles. The van der Waals surface area contributed by atoms with E-state index in [1.165, 1.54) is 18.2 Å². The van der Waals surface area contributed by atoms with Crippen molar-refractivity contribution in [2.75, 3.05) is 0 Å². The van der Waals surface area contributed by atoms with Crippen molar-refractivity contribution in [3.8, 4) is 5.75 Å². The highest BCUT2D eigenvalue weighted by molar-refractivity contribution is 5.85. The second-order valence-electron chi connectivity index (χ2n) is 2.66. The van der Waals surface area contributed by atoms with Crippen molar-refractivity contribution in [2.24, 2.45) is 5.73 Å². The second kappa shape index (κ2) is 4.80. The Kier molecular flexibility index (Phi) is 3.45. The number of primary amides is 1. The molecule has 3 N–H and O–H groups in total. The summed E-state index contributed by atoms with van der Waals surface area (Å²) in [6.45, 7) is 0. The molecule has 0 radical (unpaired) electrons. The standard InChI is InChI=1S/C10H9NO4/c11-10(14)15-8-4-1-7(2-5-8)3-6-9(12)13/h1-6H,(H2,11,14)(H,12,13)/b6-3+. The summed E-state index contributed by atoms with van der Waals surface area (Å²) < 4.78 is 4.59. The van der Waals surface area contributed by atoms with Gasteiger partial charge in [0.05, 0.1) is 0 Å². The summed E-state index contributed by atoms with van der Waals surface area (Å²) in [6.07, 6.45) is 1.56. The average Bonchev–Trinajstić information content (AvgIpc) is 2.16. The fraction of sp³-hybridized carbons (Fsp3) is 0. The van der Waals surface area contributed by atoms with Crippen molar-refractivity contribution < 1.29 is 19.4 Å². The molecule has 5 nitrogen and oxygen atoms in total. The molecule has 1 aromatic rings. The van der Waals surface area contributed by atoms with Gasteiger partial charge in [0.2, 0.25) is 0 Å². The Balaban J connectivity index is 2.72. The van der Waals surface area contributed by atoms with Gasteiger partial charge in [-0.2, -0.15) is 0 Å². The predicted octanol–water partition coefficient (Wildman–Crippen LogP) is 1.24. The van der Waals surface area contributed by atoms with Gasteiger partial charge in [-0.25, -0.2) is 9.59 Å². The molecule has 0 aliphatic heterocycles. The quantitative estimate of drug-likeness (QED) is 0.729. The third-order valence-electron chi connectivity index (χ3n) is 1.52. The molecule has 5 heteroatoms. The number of carboxylic acid groups (broad SMARTS) is 1. The molecule has 0 spiro atoms. The van der Waals surface area contributed by atoms with Crippen molar-refractivity contribution >= 4 is 18.1 Å². The summed E-state index contributed by atoms with van der Waals surface area (Å²) in [7, 11) is 0. The minimum Gasteiger partial charge on any atom is -0.478 e. The third-order valence-corrected chi connectivity index (χ3v) is 1.52. The molecule has 0 aromatic heterocycles. The van der Waals surface area contributed by atoms with E-state index < -0.39 is 12.1 Å². The van der Waals surface area contributed by atoms with Crippen LogP contribution in [-0.4, -0.2) is 17.2 Å². The van der Waals surface area contributed by atoms with E-state index in [-0.39, 0.29) is 0 Å². The smallest absolute Gasteiger partial charge is 0.409 e. The summed E-state index contributed by atoms with van der Waals surface area (Å²) in [5, 5.41) is 8.38. The van der Waals surface area contributed by atoms with Crippen LogP contribution in [0.5, 0.6) is 5.75 Å². The number of amides is 1. The van der Waals surface area contributed by atoms with E-state index in [1.807, 2.05) is 0 Å². The highest BCUT2D eigenvalue weighted by Gasteiger charge is 1.97. The lowest BCUT2D eigenvalue weighted by atomic mass is 10.2. The predicted molar refractivity (Wildman–Crippen MR) is 53.3 cm³/mol. The lowest BCUT2D eigenvalue weighted by Crippen LogP contribution is -2.16. The number of carbonyl (C=O) groups excluding carboxylic acids is 1. The number of ether oxygens (including phenoxy) is 1. The zero-order valence-electron chi connectivity index (χ0n) is 7.71. The molecule has 1 amide bonds. The number of aliphatic carboxylic acids is 1. The van der Waals surface area contributed by atoms with Crippen LogP contribution in [0.1, 0.15) is 5.56 Å². The Labute approximate surface area is 85.8 Å². The fourth-order valence-electron chi connectivity index (χ4n) is 0.931. The summed E-state index contributed by atoms with van der Waals surface area (Å²) in [4.78, 5) is 20.6. The van der Waals surface area contributed by atoms with Crippen molar-refractivity contribution in [1.82, 2.24) is 0 Å². The number of carboxylic acids is 1. The van der Waals surface area contributed by atoms with Crippen LogP contribution in [0.15, 0.2) is 30.3 Å². The van der Waals surface area contributed by atoms with E-state index in [0.29, 0.717) is 11.3 Å². The Morgan fingerprint density at radius 3 is 2.33 bits per heavy atom. The summed E-state index contributed by atoms with van der Waals surface area (Å²) >= 11 is 0. The molecule has 1 aromatic carbocycles. The molecular formula is C10H9NO4. The van der Waals surface area contributed by atoms with Crippen LogP contribution in [0.4, 0.5) is 4.79 Å². The van der Waals surface area contributed by atoms with Crippen LogP contribution in [-0.2, 0) is 4.79 Å². The molecule has 0 atom stereocenters. The lowest BCUT2D eigenvalue weighted by molar-refractivity contribution is -0.131. The van der Waals surface area contributed by atoms with Crippen LogP contribution in [0.2, 0.25) is 0 Å². The van der Waals surface area contributed by atoms with E-state index in [9.17, 15) is 9.59 Å². The van der Waals surface area contributed by atoms with Gasteiger partial charge in [-0.15, -0.1) is 0 Å². The molecule has 0 aliphatic carbocycles. The zero-order valence-corrected chi connectivity index (χ0v) is 7.71. The molecule has 78 valence electrons. The van der Waals surface area contributed by atoms with Crippen LogP contribution in [0.25, 0.3) is 6.08 Å². The molecule has 0 saturated carbocycles. The van der Waals surface area contributed by atoms with E-state index in [2.05, 4.69) is 4.74 Å². The van der Waals surface area contributed by atoms with Gasteiger partial charge in [0.15, 0.2) is 0 Å². The second-order valence-corrected chi connectivity index (χ2v) is 2.66. The van der Waals surface area contributed by atoms with Gasteiger partial charge >= 0.3 is 12.1 Å². The highest BCUT2D eigenvalue weighted by Crippen LogP contribution is 2.12. The third kappa shape index (κ3) is 3.95. The van der Waals surface area contributed by atoms with Gasteiger partial charge < -0.3 is 15.6 Å². The topological polar surface area (TPSA) is 89.6 Å². The molecule has 0 unspecified atom stereocenters. The molecule has 0 fully saturated rings. The maximum Gasteiger partial charge on any atom is 0.409 e. The molecule has 15 heavy (non-hydrogen) atoms. The maximum absolute atomic E-state index is 10.4. The molecular weight excluding hydrogens is 198 g/mol. The Morgan fingerprint density at radius 2 is 1.87 bits per heavy atom. The number of hydrogen-bond donors (Lipinski definition) is 2. The lowest BCUT2D eigenvalue weighted by Gasteiger charge is -1.99. The molecule has 0 bridgehead atoms. The molecule has 0 aliphatic rings. The van der Waals surface area contributed by atoms with Gasteiger partial charge in [-0.1, -0.05) is 12.1 Å². The number of benzene rings is 1. The van der Waals surface area contributed by atoms with E-state index >= 15 is 0 Å². The first-order valence-electron chi connectivity index (χ1n) is 4.06. The number of rotatable bonds is 3. The Morgan fingerprint density at radius 1 is 1.27 bits per heavy atom. The Hall–Kier alpha value is -2.30. The minimum absolute atomic E-state index is 0.315. The van der Waals surface area contributed by atoms with Crippen LogP contribution in [0.3, 0.4) is 0 Å². The van der Waals surface area contributed by atoms with Gasteiger partial charge in [-0.3, -0.25) is 0 Å². The molecule has 0 saturated heterocycles. The first-order valence-corrected chi connectivity index (χ1v) is 4.06. The van der Waals surface area contributed by atoms with E-state index in [1.54, 1.807) is 12.1 Å². The van der Waals surface area contributed by atoms with Crippen LogP contribution >= 0.6 is 0 Å². The van der Waals surface area contributed by atoms with E-state index in [0.717, 1.165) is 6.08 Å². The first kappa shape index (κ1) is 10.8. The Bertz CT molecular complexity index is 394. The molecule has 1 rings (SSSR count). The van der Waals surface area contributed by atoms with Gasteiger partial charge in [0.1, 0.15) is 5.75 Å². The normalized spacial score (nSPS) is 10.1. The van der Waals surface area contributed by atoms with Gasteiger partial charge in [-0.05, 0) is 23.8 Å². The first-order chi connectivity index (χ1) is 7.08. The number of hydrogen-bond acceptors (Lipinski definition) is 3. The minimum atomic E-state index is -1.02. The number of nitrogens with two attached hydrogens (primary N) is 1. The fourth-order valence-corrected chi connectivity index (χ4v) is 0.931. The summed E-state index contributed by atoms with van der Waals surface area (Å²) in [6, 6.07) is 6.26. The zero-order chi connectivity index (χ0) is 11.3. The SMILES string of the molecule is NC(=O)Oc1ccc(/C=C/C(=O)O)cc1. The van der Waals surface area contributed by atoms with Crippen molar-refractivity contribution in [1.29, 1.82) is 0 Å². The van der Waals surface area contributed by atoms with Gasteiger partial charge in [0.25, 0.3) is 0 Å². The van der Waals surface area contributed by atoms with Crippen LogP contribution in [0, 0.1) is 0 Å². The van der Waals surface area contributed by atoms with E-state index in [4.69, 9.17) is 10.8 Å². The van der Waals surface area contributed by atoms with Crippen molar-refractivity contribution in [3.05, 3.63) is 35.9 Å². The number of carbonyl (C=O) groups is 2. The highest BCUT2D eigenvalue weighted by atomic mass is 16.5. The van der Waals surface area contributed by atoms with Crippen LogP contribution < -0.4 is 10.5 Å². The monoisotopic (exact) mass is 207 g/mol. The average molecular weight is 207 g/mol. The largest absolute Gasteiger partial charge is 0.478 e. The summed E-state index contributed by atoms with van der Waals surface area (Å²) in [5.41, 5.74) is 5.50.